The van der Waals surface area contributed by atoms with Crippen molar-refractivity contribution in [1.29, 1.82) is 0 Å². The maximum Gasteiger partial charge on any atom is 0.190 e. The van der Waals surface area contributed by atoms with Gasteiger partial charge in [0.05, 0.1) is 13.2 Å². The first kappa shape index (κ1) is 31.6. The Bertz CT molecular complexity index is 1380. The van der Waals surface area contributed by atoms with Crippen LogP contribution >= 0.6 is 0 Å². The molecule has 0 aliphatic carbocycles. The number of benzene rings is 3. The van der Waals surface area contributed by atoms with Crippen LogP contribution in [0.2, 0.25) is 0 Å². The molecule has 9 nitrogen and oxygen atoms in total. The second-order valence-corrected chi connectivity index (χ2v) is 13.0. The zero-order valence-corrected chi connectivity index (χ0v) is 26.6. The van der Waals surface area contributed by atoms with Gasteiger partial charge in [-0.3, -0.25) is 0 Å². The number of aliphatic hydroxyl groups is 1. The lowest BCUT2D eigenvalue weighted by atomic mass is 9.80. The number of hydrogen-bond acceptors (Lipinski definition) is 9. The van der Waals surface area contributed by atoms with Crippen molar-refractivity contribution in [3.05, 3.63) is 120 Å². The second-order valence-electron chi connectivity index (χ2n) is 13.0. The molecule has 244 valence electrons. The number of ether oxygens (including phenoxy) is 8. The van der Waals surface area contributed by atoms with Gasteiger partial charge >= 0.3 is 0 Å². The molecule has 0 unspecified atom stereocenters. The van der Waals surface area contributed by atoms with Crippen molar-refractivity contribution < 1.29 is 43.0 Å². The smallest absolute Gasteiger partial charge is 0.190 e. The summed E-state index contributed by atoms with van der Waals surface area (Å²) < 4.78 is 50.5. The summed E-state index contributed by atoms with van der Waals surface area (Å²) in [5.74, 6) is -1.58. The van der Waals surface area contributed by atoms with Gasteiger partial charge in [-0.2, -0.15) is 0 Å². The monoisotopic (exact) mass is 630 g/mol. The molecule has 7 rings (SSSR count). The van der Waals surface area contributed by atoms with Crippen molar-refractivity contribution >= 4 is 0 Å². The first-order chi connectivity index (χ1) is 22.1. The molecule has 9 heteroatoms. The summed E-state index contributed by atoms with van der Waals surface area (Å²) in [6.45, 7) is 7.84. The molecule has 3 aromatic carbocycles. The lowest BCUT2D eigenvalue weighted by molar-refractivity contribution is -0.261. The van der Waals surface area contributed by atoms with Crippen molar-refractivity contribution in [2.75, 3.05) is 13.2 Å². The highest BCUT2D eigenvalue weighted by Gasteiger charge is 2.59. The molecule has 8 atom stereocenters. The van der Waals surface area contributed by atoms with Gasteiger partial charge in [-0.25, -0.2) is 0 Å². The van der Waals surface area contributed by atoms with Gasteiger partial charge < -0.3 is 43.0 Å². The molecule has 3 fully saturated rings. The zero-order valence-electron chi connectivity index (χ0n) is 26.6. The van der Waals surface area contributed by atoms with E-state index in [0.29, 0.717) is 6.61 Å². The van der Waals surface area contributed by atoms with E-state index in [1.165, 1.54) is 0 Å². The molecule has 0 bridgehead atoms. The fourth-order valence-electron chi connectivity index (χ4n) is 6.81. The summed E-state index contributed by atoms with van der Waals surface area (Å²) in [7, 11) is 0. The van der Waals surface area contributed by atoms with E-state index in [2.05, 4.69) is 36.4 Å². The van der Waals surface area contributed by atoms with E-state index >= 15 is 0 Å². The highest BCUT2D eigenvalue weighted by molar-refractivity contribution is 5.47. The van der Waals surface area contributed by atoms with Gasteiger partial charge in [0.15, 0.2) is 24.2 Å². The minimum absolute atomic E-state index is 0.0705. The SMILES string of the molecule is CC1(C)O[C@H]2O[C@H]([C@H]3COC(C)(C)O3)[C@H](O[C@H]3C=C[C@@H](O)[C@@H](COC(c4ccccc4)(c4ccccc4)c4ccccc4)O3)[C@H]2O1. The van der Waals surface area contributed by atoms with Gasteiger partial charge in [-0.15, -0.1) is 0 Å². The van der Waals surface area contributed by atoms with Gasteiger partial charge in [0.1, 0.15) is 42.2 Å². The van der Waals surface area contributed by atoms with Crippen LogP contribution in [0, 0.1) is 0 Å². The Morgan fingerprint density at radius 3 is 1.85 bits per heavy atom. The average molecular weight is 631 g/mol. The lowest BCUT2D eigenvalue weighted by Gasteiger charge is -2.39. The molecule has 0 spiro atoms. The van der Waals surface area contributed by atoms with E-state index < -0.39 is 60.3 Å². The predicted octanol–water partition coefficient (Wildman–Crippen LogP) is 5.05. The molecule has 4 aliphatic rings. The Kier molecular flexibility index (Phi) is 8.65. The van der Waals surface area contributed by atoms with Crippen LogP contribution in [0.25, 0.3) is 0 Å². The van der Waals surface area contributed by atoms with E-state index in [1.54, 1.807) is 12.2 Å². The van der Waals surface area contributed by atoms with Crippen LogP contribution in [0.3, 0.4) is 0 Å². The maximum absolute atomic E-state index is 11.1. The quantitative estimate of drug-likeness (QED) is 0.258. The summed E-state index contributed by atoms with van der Waals surface area (Å²) in [4.78, 5) is 0. The Labute approximate surface area is 269 Å². The average Bonchev–Trinajstić information content (AvgIpc) is 3.68. The molecule has 46 heavy (non-hydrogen) atoms. The van der Waals surface area contributed by atoms with Crippen LogP contribution in [0.5, 0.6) is 0 Å². The van der Waals surface area contributed by atoms with Crippen LogP contribution in [0.4, 0.5) is 0 Å². The van der Waals surface area contributed by atoms with E-state index in [0.717, 1.165) is 16.7 Å². The summed E-state index contributed by atoms with van der Waals surface area (Å²) in [5, 5.41) is 11.1. The summed E-state index contributed by atoms with van der Waals surface area (Å²) in [5.41, 5.74) is 1.91. The van der Waals surface area contributed by atoms with Gasteiger partial charge in [-0.1, -0.05) is 97.1 Å². The third kappa shape index (κ3) is 6.20. The van der Waals surface area contributed by atoms with Crippen molar-refractivity contribution in [2.24, 2.45) is 0 Å². The molecule has 4 aliphatic heterocycles. The van der Waals surface area contributed by atoms with Crippen molar-refractivity contribution in [3.8, 4) is 0 Å². The molecule has 3 saturated heterocycles. The molecule has 0 saturated carbocycles. The Morgan fingerprint density at radius 2 is 1.30 bits per heavy atom. The molecule has 0 radical (unpaired) electrons. The zero-order chi connectivity index (χ0) is 31.9. The topological polar surface area (TPSA) is 94.1 Å². The first-order valence-electron chi connectivity index (χ1n) is 15.9. The molecular weight excluding hydrogens is 588 g/mol. The fourth-order valence-corrected chi connectivity index (χ4v) is 6.81. The van der Waals surface area contributed by atoms with Crippen molar-refractivity contribution in [2.45, 2.75) is 94.1 Å². The second kappa shape index (κ2) is 12.6. The van der Waals surface area contributed by atoms with E-state index in [1.807, 2.05) is 82.3 Å². The fraction of sp³-hybridized carbons (Fsp3) is 0.459. The Balaban J connectivity index is 1.14. The van der Waals surface area contributed by atoms with Crippen LogP contribution in [0.1, 0.15) is 44.4 Å². The molecular formula is C37H42O9. The van der Waals surface area contributed by atoms with Gasteiger partial charge in [0.25, 0.3) is 0 Å². The standard InChI is InChI=1S/C37H42O9/c1-35(2)39-23-29(44-35)31-32(33-34(43-31)46-36(3,4)45-33)42-30-21-20-27(38)28(41-30)22-40-37(24-14-8-5-9-15-24,25-16-10-6-11-17-25)26-18-12-7-13-19-26/h5-21,27-34,38H,22-23H2,1-4H3/t27-,28-,29-,30+,31-,32+,33-,34-/m1/s1. The van der Waals surface area contributed by atoms with Crippen LogP contribution in [-0.4, -0.2) is 79.1 Å². The van der Waals surface area contributed by atoms with Gasteiger partial charge in [0.2, 0.25) is 0 Å². The third-order valence-corrected chi connectivity index (χ3v) is 8.88. The lowest BCUT2D eigenvalue weighted by Crippen LogP contribution is -2.48. The first-order valence-corrected chi connectivity index (χ1v) is 15.9. The Morgan fingerprint density at radius 1 is 0.717 bits per heavy atom. The van der Waals surface area contributed by atoms with Gasteiger partial charge in [-0.05, 0) is 50.5 Å². The van der Waals surface area contributed by atoms with Gasteiger partial charge in [0, 0.05) is 0 Å². The largest absolute Gasteiger partial charge is 0.386 e. The summed E-state index contributed by atoms with van der Waals surface area (Å²) in [6, 6.07) is 30.3. The highest BCUT2D eigenvalue weighted by Crippen LogP contribution is 2.44. The van der Waals surface area contributed by atoms with E-state index in [-0.39, 0.29) is 12.7 Å². The normalized spacial score (nSPS) is 33.2. The van der Waals surface area contributed by atoms with E-state index in [4.69, 9.17) is 37.9 Å². The van der Waals surface area contributed by atoms with Crippen LogP contribution < -0.4 is 0 Å². The van der Waals surface area contributed by atoms with Crippen molar-refractivity contribution in [1.82, 2.24) is 0 Å². The Hall–Kier alpha value is -2.96. The number of rotatable bonds is 9. The molecule has 1 N–H and O–H groups in total. The third-order valence-electron chi connectivity index (χ3n) is 8.88. The van der Waals surface area contributed by atoms with E-state index in [9.17, 15) is 5.11 Å². The number of fused-ring (bicyclic) bond motifs is 1. The predicted molar refractivity (Wildman–Crippen MR) is 167 cm³/mol. The summed E-state index contributed by atoms with van der Waals surface area (Å²) in [6.07, 6.45) is -1.69. The number of hydrogen-bond donors (Lipinski definition) is 1. The maximum atomic E-state index is 11.1. The van der Waals surface area contributed by atoms with Crippen LogP contribution in [0.15, 0.2) is 103 Å². The number of aliphatic hydroxyl groups excluding tert-OH is 1. The van der Waals surface area contributed by atoms with Crippen molar-refractivity contribution in [3.63, 3.8) is 0 Å². The van der Waals surface area contributed by atoms with Crippen LogP contribution in [-0.2, 0) is 43.5 Å². The molecule has 0 aromatic heterocycles. The minimum Gasteiger partial charge on any atom is -0.386 e. The highest BCUT2D eigenvalue weighted by atomic mass is 16.9. The molecule has 4 heterocycles. The molecule has 3 aromatic rings. The molecule has 0 amide bonds. The minimum atomic E-state index is -0.963. The summed E-state index contributed by atoms with van der Waals surface area (Å²) >= 11 is 0.